The number of aryl methyl sites for hydroxylation is 2. The lowest BCUT2D eigenvalue weighted by atomic mass is 10.1. The van der Waals surface area contributed by atoms with Crippen molar-refractivity contribution >= 4 is 33.2 Å². The minimum Gasteiger partial charge on any atom is -0.423 e. The lowest BCUT2D eigenvalue weighted by Gasteiger charge is -2.22. The van der Waals surface area contributed by atoms with Crippen LogP contribution < -0.4 is 4.72 Å². The van der Waals surface area contributed by atoms with Gasteiger partial charge in [-0.25, -0.2) is 12.8 Å². The van der Waals surface area contributed by atoms with Crippen LogP contribution in [0.15, 0.2) is 45.7 Å². The fourth-order valence-corrected chi connectivity index (χ4v) is 5.18. The average Bonchev–Trinajstić information content (AvgIpc) is 3.39. The molecule has 1 aliphatic heterocycles. The second-order valence-electron chi connectivity index (χ2n) is 7.53. The molecular weight excluding hydrogens is 459 g/mol. The van der Waals surface area contributed by atoms with Crippen molar-refractivity contribution in [3.63, 3.8) is 0 Å². The highest BCUT2D eigenvalue weighted by Crippen LogP contribution is 2.33. The molecule has 0 radical (unpaired) electrons. The second-order valence-corrected chi connectivity index (χ2v) is 9.61. The van der Waals surface area contributed by atoms with Crippen LogP contribution in [0.4, 0.5) is 10.1 Å². The maximum Gasteiger partial charge on any atom is 0.262 e. The summed E-state index contributed by atoms with van der Waals surface area (Å²) in [5, 5.41) is 8.03. The number of anilines is 1. The average molecular weight is 479 g/mol. The summed E-state index contributed by atoms with van der Waals surface area (Å²) in [7, 11) is -4.19. The lowest BCUT2D eigenvalue weighted by Crippen LogP contribution is -2.31. The van der Waals surface area contributed by atoms with Crippen molar-refractivity contribution in [3.05, 3.63) is 70.1 Å². The van der Waals surface area contributed by atoms with Crippen LogP contribution in [-0.4, -0.2) is 36.0 Å². The van der Waals surface area contributed by atoms with E-state index in [0.717, 1.165) is 12.5 Å². The molecule has 11 heteroatoms. The largest absolute Gasteiger partial charge is 0.423 e. The number of aromatic nitrogens is 2. The summed E-state index contributed by atoms with van der Waals surface area (Å²) in [5.74, 6) is -0.361. The molecule has 32 heavy (non-hydrogen) atoms. The Morgan fingerprint density at radius 1 is 1.22 bits per heavy atom. The molecule has 1 amide bonds. The number of rotatable bonds is 5. The quantitative estimate of drug-likeness (QED) is 0.587. The molecule has 3 aromatic rings. The SMILES string of the molecule is Cc1nnc([C@H]2CCCN2C(=O)c2ccc(C)c(S(=O)(=O)Nc3cc(Cl)ccc3F)c2)o1. The molecule has 1 N–H and O–H groups in total. The van der Waals surface area contributed by atoms with Crippen LogP contribution >= 0.6 is 11.6 Å². The van der Waals surface area contributed by atoms with Gasteiger partial charge in [0.1, 0.15) is 11.9 Å². The molecule has 1 saturated heterocycles. The highest BCUT2D eigenvalue weighted by Gasteiger charge is 2.34. The summed E-state index contributed by atoms with van der Waals surface area (Å²) in [4.78, 5) is 14.7. The third-order valence-corrected chi connectivity index (χ3v) is 6.98. The zero-order valence-electron chi connectivity index (χ0n) is 17.3. The molecular formula is C21H20ClFN4O4S. The van der Waals surface area contributed by atoms with E-state index < -0.39 is 15.8 Å². The molecule has 2 heterocycles. The highest BCUT2D eigenvalue weighted by molar-refractivity contribution is 7.92. The van der Waals surface area contributed by atoms with Crippen LogP contribution in [0.1, 0.15) is 46.6 Å². The van der Waals surface area contributed by atoms with Crippen molar-refractivity contribution in [2.24, 2.45) is 0 Å². The molecule has 1 aliphatic rings. The Balaban J connectivity index is 1.65. The number of hydrogen-bond donors (Lipinski definition) is 1. The maximum absolute atomic E-state index is 14.1. The Labute approximate surface area is 189 Å². The minimum atomic E-state index is -4.19. The van der Waals surface area contributed by atoms with Crippen LogP contribution in [0.5, 0.6) is 0 Å². The number of carbonyl (C=O) groups excluding carboxylic acids is 1. The van der Waals surface area contributed by atoms with Gasteiger partial charge in [0.2, 0.25) is 11.8 Å². The van der Waals surface area contributed by atoms with E-state index in [0.29, 0.717) is 30.3 Å². The number of benzene rings is 2. The molecule has 1 atom stereocenters. The summed E-state index contributed by atoms with van der Waals surface area (Å²) >= 11 is 5.86. The Kier molecular flexibility index (Phi) is 5.91. The van der Waals surface area contributed by atoms with Crippen molar-refractivity contribution in [2.45, 2.75) is 37.6 Å². The number of nitrogens with one attached hydrogen (secondary N) is 1. The third-order valence-electron chi connectivity index (χ3n) is 5.24. The number of carbonyl (C=O) groups is 1. The number of likely N-dealkylation sites (tertiary alicyclic amines) is 1. The molecule has 0 bridgehead atoms. The Morgan fingerprint density at radius 3 is 2.72 bits per heavy atom. The lowest BCUT2D eigenvalue weighted by molar-refractivity contribution is 0.0714. The molecule has 4 rings (SSSR count). The van der Waals surface area contributed by atoms with Gasteiger partial charge in [0.15, 0.2) is 0 Å². The summed E-state index contributed by atoms with van der Waals surface area (Å²) in [6.45, 7) is 3.74. The van der Waals surface area contributed by atoms with Gasteiger partial charge in [0, 0.05) is 24.1 Å². The number of nitrogens with zero attached hydrogens (tertiary/aromatic N) is 3. The zero-order valence-corrected chi connectivity index (χ0v) is 18.9. The van der Waals surface area contributed by atoms with Crippen LogP contribution in [0.25, 0.3) is 0 Å². The van der Waals surface area contributed by atoms with E-state index in [9.17, 15) is 17.6 Å². The van der Waals surface area contributed by atoms with Gasteiger partial charge in [-0.05, 0) is 55.7 Å². The van der Waals surface area contributed by atoms with Crippen molar-refractivity contribution < 1.29 is 22.0 Å². The van der Waals surface area contributed by atoms with Crippen molar-refractivity contribution in [2.75, 3.05) is 11.3 Å². The number of amides is 1. The summed E-state index contributed by atoms with van der Waals surface area (Å²) in [6, 6.07) is 7.58. The number of halogens is 2. The topological polar surface area (TPSA) is 105 Å². The zero-order chi connectivity index (χ0) is 23.0. The predicted molar refractivity (Wildman–Crippen MR) is 115 cm³/mol. The van der Waals surface area contributed by atoms with Crippen molar-refractivity contribution in [1.29, 1.82) is 0 Å². The smallest absolute Gasteiger partial charge is 0.262 e. The first-order chi connectivity index (χ1) is 15.2. The van der Waals surface area contributed by atoms with E-state index in [2.05, 4.69) is 14.9 Å². The van der Waals surface area contributed by atoms with Crippen LogP contribution in [0.2, 0.25) is 5.02 Å². The highest BCUT2D eigenvalue weighted by atomic mass is 35.5. The number of hydrogen-bond acceptors (Lipinski definition) is 6. The van der Waals surface area contributed by atoms with Gasteiger partial charge >= 0.3 is 0 Å². The summed E-state index contributed by atoms with van der Waals surface area (Å²) < 4.78 is 47.8. The van der Waals surface area contributed by atoms with Crippen molar-refractivity contribution in [3.8, 4) is 0 Å². The Morgan fingerprint density at radius 2 is 2.00 bits per heavy atom. The fraction of sp³-hybridized carbons (Fsp3) is 0.286. The fourth-order valence-electron chi connectivity index (χ4n) is 3.68. The van der Waals surface area contributed by atoms with E-state index in [1.165, 1.54) is 24.3 Å². The molecule has 1 aromatic heterocycles. The Bertz CT molecular complexity index is 1290. The predicted octanol–water partition coefficient (Wildman–Crippen LogP) is 4.26. The van der Waals surface area contributed by atoms with E-state index in [1.807, 2.05) is 0 Å². The van der Waals surface area contributed by atoms with Gasteiger partial charge in [-0.1, -0.05) is 17.7 Å². The molecule has 168 valence electrons. The molecule has 8 nitrogen and oxygen atoms in total. The monoisotopic (exact) mass is 478 g/mol. The van der Waals surface area contributed by atoms with E-state index in [1.54, 1.807) is 24.8 Å². The number of sulfonamides is 1. The second kappa shape index (κ2) is 8.51. The third kappa shape index (κ3) is 4.33. The molecule has 0 aliphatic carbocycles. The van der Waals surface area contributed by atoms with Gasteiger partial charge < -0.3 is 9.32 Å². The first-order valence-electron chi connectivity index (χ1n) is 9.85. The summed E-state index contributed by atoms with van der Waals surface area (Å²) in [5.41, 5.74) is 0.313. The standard InChI is InChI=1S/C21H20ClFN4O4S/c1-12-5-6-14(21(28)27-9-3-4-18(27)20-25-24-13(2)31-20)10-19(12)32(29,30)26-17-11-15(22)7-8-16(17)23/h5-8,10-11,18,26H,3-4,9H2,1-2H3/t18-/m1/s1. The molecule has 0 unspecified atom stereocenters. The molecule has 0 saturated carbocycles. The normalized spacial score (nSPS) is 16.4. The summed E-state index contributed by atoms with van der Waals surface area (Å²) in [6.07, 6.45) is 1.42. The first kappa shape index (κ1) is 22.2. The van der Waals surface area contributed by atoms with Crippen LogP contribution in [0.3, 0.4) is 0 Å². The van der Waals surface area contributed by atoms with Gasteiger partial charge in [0.05, 0.1) is 10.6 Å². The minimum absolute atomic E-state index is 0.132. The molecule has 1 fully saturated rings. The van der Waals surface area contributed by atoms with E-state index in [-0.39, 0.29) is 33.1 Å². The van der Waals surface area contributed by atoms with Gasteiger partial charge in [-0.2, -0.15) is 0 Å². The van der Waals surface area contributed by atoms with Gasteiger partial charge in [-0.3, -0.25) is 9.52 Å². The van der Waals surface area contributed by atoms with E-state index >= 15 is 0 Å². The first-order valence-corrected chi connectivity index (χ1v) is 11.7. The molecule has 2 aromatic carbocycles. The van der Waals surface area contributed by atoms with Gasteiger partial charge in [-0.15, -0.1) is 10.2 Å². The molecule has 0 spiro atoms. The van der Waals surface area contributed by atoms with E-state index in [4.69, 9.17) is 16.0 Å². The van der Waals surface area contributed by atoms with Crippen LogP contribution in [-0.2, 0) is 10.0 Å². The maximum atomic E-state index is 14.1. The van der Waals surface area contributed by atoms with Crippen molar-refractivity contribution in [1.82, 2.24) is 15.1 Å². The van der Waals surface area contributed by atoms with Crippen LogP contribution in [0, 0.1) is 19.7 Å². The Hall–Kier alpha value is -2.98. The van der Waals surface area contributed by atoms with Gasteiger partial charge in [0.25, 0.3) is 15.9 Å².